The van der Waals surface area contributed by atoms with Gasteiger partial charge in [0.1, 0.15) is 5.75 Å². The predicted molar refractivity (Wildman–Crippen MR) is 62.5 cm³/mol. The van der Waals surface area contributed by atoms with Crippen molar-refractivity contribution in [2.45, 2.75) is 38.9 Å². The Bertz CT molecular complexity index is 427. The molecule has 0 amide bonds. The summed E-state index contributed by atoms with van der Waals surface area (Å²) in [7, 11) is 0. The molecule has 0 radical (unpaired) electrons. The van der Waals surface area contributed by atoms with Crippen LogP contribution >= 0.6 is 0 Å². The molecule has 1 aliphatic carbocycles. The van der Waals surface area contributed by atoms with Crippen LogP contribution in [0.2, 0.25) is 0 Å². The van der Waals surface area contributed by atoms with E-state index in [9.17, 15) is 10.1 Å². The number of hydrogen-bond acceptors (Lipinski definition) is 4. The molecule has 5 nitrogen and oxygen atoms in total. The van der Waals surface area contributed by atoms with Crippen LogP contribution in [0.1, 0.15) is 26.7 Å². The van der Waals surface area contributed by atoms with Crippen molar-refractivity contribution in [3.63, 3.8) is 0 Å². The molecular formula is C12H15NO4. The smallest absolute Gasteiger partial charge is 0.311 e. The van der Waals surface area contributed by atoms with Crippen LogP contribution < -0.4 is 9.47 Å². The highest BCUT2D eigenvalue weighted by molar-refractivity contribution is 5.50. The van der Waals surface area contributed by atoms with Crippen LogP contribution in [0.15, 0.2) is 18.2 Å². The van der Waals surface area contributed by atoms with E-state index in [2.05, 4.69) is 0 Å². The minimum absolute atomic E-state index is 0.0261. The van der Waals surface area contributed by atoms with Crippen LogP contribution in [-0.2, 0) is 0 Å². The Labute approximate surface area is 99.5 Å². The van der Waals surface area contributed by atoms with E-state index in [4.69, 9.17) is 9.47 Å². The Morgan fingerprint density at radius 3 is 2.65 bits per heavy atom. The molecule has 0 bridgehead atoms. The van der Waals surface area contributed by atoms with Gasteiger partial charge in [-0.2, -0.15) is 0 Å². The topological polar surface area (TPSA) is 61.6 Å². The van der Waals surface area contributed by atoms with Gasteiger partial charge in [-0.25, -0.2) is 0 Å². The fraction of sp³-hybridized carbons (Fsp3) is 0.500. The van der Waals surface area contributed by atoms with Gasteiger partial charge in [0.25, 0.3) is 0 Å². The molecule has 1 aromatic carbocycles. The first-order chi connectivity index (χ1) is 8.06. The third kappa shape index (κ3) is 3.09. The minimum Gasteiger partial charge on any atom is -0.490 e. The van der Waals surface area contributed by atoms with Gasteiger partial charge in [0.15, 0.2) is 0 Å². The van der Waals surface area contributed by atoms with Crippen LogP contribution in [0.5, 0.6) is 11.5 Å². The lowest BCUT2D eigenvalue weighted by Gasteiger charge is -2.11. The summed E-state index contributed by atoms with van der Waals surface area (Å²) in [5, 5.41) is 10.8. The zero-order chi connectivity index (χ0) is 12.4. The minimum atomic E-state index is -0.446. The molecule has 17 heavy (non-hydrogen) atoms. The number of hydrogen-bond donors (Lipinski definition) is 0. The van der Waals surface area contributed by atoms with Crippen LogP contribution in [0.4, 0.5) is 5.69 Å². The van der Waals surface area contributed by atoms with Crippen LogP contribution in [0.25, 0.3) is 0 Å². The number of benzene rings is 1. The molecule has 0 unspecified atom stereocenters. The van der Waals surface area contributed by atoms with Gasteiger partial charge in [0.05, 0.1) is 17.1 Å². The lowest BCUT2D eigenvalue weighted by atomic mass is 10.2. The average Bonchev–Trinajstić information content (AvgIpc) is 3.00. The van der Waals surface area contributed by atoms with Crippen molar-refractivity contribution >= 4 is 5.69 Å². The van der Waals surface area contributed by atoms with Gasteiger partial charge in [-0.3, -0.25) is 10.1 Å². The highest BCUT2D eigenvalue weighted by atomic mass is 16.6. The van der Waals surface area contributed by atoms with Crippen molar-refractivity contribution in [1.82, 2.24) is 0 Å². The van der Waals surface area contributed by atoms with Gasteiger partial charge in [0, 0.05) is 12.1 Å². The van der Waals surface area contributed by atoms with E-state index in [0.717, 1.165) is 12.8 Å². The first-order valence-corrected chi connectivity index (χ1v) is 5.68. The fourth-order valence-corrected chi connectivity index (χ4v) is 1.45. The molecule has 1 aliphatic rings. The number of nitro benzene ring substituents is 1. The van der Waals surface area contributed by atoms with Crippen LogP contribution in [0.3, 0.4) is 0 Å². The second-order valence-electron chi connectivity index (χ2n) is 4.37. The van der Waals surface area contributed by atoms with Crippen molar-refractivity contribution in [3.8, 4) is 11.5 Å². The van der Waals surface area contributed by atoms with Crippen molar-refractivity contribution < 1.29 is 14.4 Å². The standard InChI is InChI=1S/C12H15NO4/c1-8(2)16-12-7-10(17-9-3-4-9)5-6-11(12)13(14)15/h5-9H,3-4H2,1-2H3. The molecule has 0 heterocycles. The first-order valence-electron chi connectivity index (χ1n) is 5.68. The van der Waals surface area contributed by atoms with Crippen LogP contribution in [0, 0.1) is 10.1 Å². The van der Waals surface area contributed by atoms with E-state index in [0.29, 0.717) is 5.75 Å². The van der Waals surface area contributed by atoms with E-state index in [1.807, 2.05) is 13.8 Å². The highest BCUT2D eigenvalue weighted by Gasteiger charge is 2.25. The summed E-state index contributed by atoms with van der Waals surface area (Å²) in [4.78, 5) is 10.4. The largest absolute Gasteiger partial charge is 0.490 e. The lowest BCUT2D eigenvalue weighted by molar-refractivity contribution is -0.386. The molecule has 1 aromatic rings. The third-order valence-corrected chi connectivity index (χ3v) is 2.32. The lowest BCUT2D eigenvalue weighted by Crippen LogP contribution is -2.08. The number of ether oxygens (including phenoxy) is 2. The molecule has 0 saturated heterocycles. The molecule has 92 valence electrons. The molecule has 0 spiro atoms. The highest BCUT2D eigenvalue weighted by Crippen LogP contribution is 2.34. The fourth-order valence-electron chi connectivity index (χ4n) is 1.45. The molecule has 2 rings (SSSR count). The number of nitrogens with zero attached hydrogens (tertiary/aromatic N) is 1. The predicted octanol–water partition coefficient (Wildman–Crippen LogP) is 2.92. The maximum atomic E-state index is 10.8. The van der Waals surface area contributed by atoms with Crippen LogP contribution in [-0.4, -0.2) is 17.1 Å². The molecule has 1 saturated carbocycles. The molecule has 1 fully saturated rings. The first kappa shape index (κ1) is 11.7. The van der Waals surface area contributed by atoms with Gasteiger partial charge in [-0.05, 0) is 32.8 Å². The van der Waals surface area contributed by atoms with E-state index in [-0.39, 0.29) is 23.6 Å². The third-order valence-electron chi connectivity index (χ3n) is 2.32. The summed E-state index contributed by atoms with van der Waals surface area (Å²) >= 11 is 0. The summed E-state index contributed by atoms with van der Waals surface area (Å²) in [6, 6.07) is 4.63. The van der Waals surface area contributed by atoms with Gasteiger partial charge in [-0.15, -0.1) is 0 Å². The SMILES string of the molecule is CC(C)Oc1cc(OC2CC2)ccc1[N+](=O)[O-]. The second kappa shape index (κ2) is 4.61. The van der Waals surface area contributed by atoms with E-state index < -0.39 is 4.92 Å². The quantitative estimate of drug-likeness (QED) is 0.583. The zero-order valence-electron chi connectivity index (χ0n) is 9.88. The van der Waals surface area contributed by atoms with E-state index in [1.54, 1.807) is 12.1 Å². The average molecular weight is 237 g/mol. The molecule has 0 aliphatic heterocycles. The van der Waals surface area contributed by atoms with Crippen molar-refractivity contribution in [3.05, 3.63) is 28.3 Å². The summed E-state index contributed by atoms with van der Waals surface area (Å²) in [5.74, 6) is 0.900. The molecule has 0 atom stereocenters. The molecule has 0 N–H and O–H groups in total. The zero-order valence-corrected chi connectivity index (χ0v) is 9.88. The maximum absolute atomic E-state index is 10.8. The van der Waals surface area contributed by atoms with Gasteiger partial charge >= 0.3 is 5.69 Å². The molecular weight excluding hydrogens is 222 g/mol. The Morgan fingerprint density at radius 2 is 2.12 bits per heavy atom. The van der Waals surface area contributed by atoms with E-state index >= 15 is 0 Å². The molecule has 5 heteroatoms. The maximum Gasteiger partial charge on any atom is 0.311 e. The Morgan fingerprint density at radius 1 is 1.41 bits per heavy atom. The summed E-state index contributed by atoms with van der Waals surface area (Å²) in [6.45, 7) is 3.66. The Kier molecular flexibility index (Phi) is 3.17. The Balaban J connectivity index is 2.24. The van der Waals surface area contributed by atoms with E-state index in [1.165, 1.54) is 6.07 Å². The second-order valence-corrected chi connectivity index (χ2v) is 4.37. The number of rotatable bonds is 5. The summed E-state index contributed by atoms with van der Waals surface area (Å²) in [6.07, 6.45) is 2.27. The van der Waals surface area contributed by atoms with Crippen molar-refractivity contribution in [2.24, 2.45) is 0 Å². The van der Waals surface area contributed by atoms with Gasteiger partial charge < -0.3 is 9.47 Å². The summed E-state index contributed by atoms with van der Waals surface area (Å²) in [5.41, 5.74) is -0.0261. The Hall–Kier alpha value is -1.78. The summed E-state index contributed by atoms with van der Waals surface area (Å²) < 4.78 is 11.0. The van der Waals surface area contributed by atoms with Crippen molar-refractivity contribution in [1.29, 1.82) is 0 Å². The monoisotopic (exact) mass is 237 g/mol. The normalized spacial score (nSPS) is 14.8. The molecule has 0 aromatic heterocycles. The number of nitro groups is 1. The van der Waals surface area contributed by atoms with Gasteiger partial charge in [0.2, 0.25) is 5.75 Å². The van der Waals surface area contributed by atoms with Crippen molar-refractivity contribution in [2.75, 3.05) is 0 Å². The van der Waals surface area contributed by atoms with Gasteiger partial charge in [-0.1, -0.05) is 0 Å².